The Morgan fingerprint density at radius 2 is 2.17 bits per heavy atom. The maximum atomic E-state index is 5.22. The highest BCUT2D eigenvalue weighted by atomic mass is 16.5. The highest BCUT2D eigenvalue weighted by molar-refractivity contribution is 5.89. The third-order valence-electron chi connectivity index (χ3n) is 2.10. The van der Waals surface area contributed by atoms with E-state index in [1.807, 2.05) is 18.3 Å². The maximum Gasteiger partial charge on any atom is 0.144 e. The smallest absolute Gasteiger partial charge is 0.144 e. The van der Waals surface area contributed by atoms with Gasteiger partial charge in [-0.3, -0.25) is 0 Å². The van der Waals surface area contributed by atoms with Gasteiger partial charge in [-0.05, 0) is 18.6 Å². The van der Waals surface area contributed by atoms with Gasteiger partial charge in [0.1, 0.15) is 5.75 Å². The SMILES string of the molecule is COc1c[nH]c2cccc(C)c12. The van der Waals surface area contributed by atoms with Gasteiger partial charge in [0.25, 0.3) is 0 Å². The van der Waals surface area contributed by atoms with Crippen LogP contribution in [0.15, 0.2) is 24.4 Å². The van der Waals surface area contributed by atoms with E-state index in [1.165, 1.54) is 10.9 Å². The van der Waals surface area contributed by atoms with Crippen LogP contribution in [0.25, 0.3) is 10.9 Å². The minimum absolute atomic E-state index is 0.920. The number of aromatic amines is 1. The first-order chi connectivity index (χ1) is 5.83. The molecule has 0 unspecified atom stereocenters. The van der Waals surface area contributed by atoms with Crippen molar-refractivity contribution in [2.24, 2.45) is 0 Å². The van der Waals surface area contributed by atoms with Crippen molar-refractivity contribution < 1.29 is 4.74 Å². The molecule has 0 saturated carbocycles. The van der Waals surface area contributed by atoms with E-state index in [0.717, 1.165) is 11.3 Å². The zero-order valence-corrected chi connectivity index (χ0v) is 7.22. The molecule has 1 heterocycles. The van der Waals surface area contributed by atoms with Crippen LogP contribution in [0.1, 0.15) is 5.56 Å². The van der Waals surface area contributed by atoms with E-state index >= 15 is 0 Å². The minimum Gasteiger partial charge on any atom is -0.495 e. The monoisotopic (exact) mass is 161 g/mol. The number of rotatable bonds is 1. The number of methoxy groups -OCH3 is 1. The van der Waals surface area contributed by atoms with Gasteiger partial charge in [-0.1, -0.05) is 12.1 Å². The van der Waals surface area contributed by atoms with Gasteiger partial charge in [0.15, 0.2) is 0 Å². The second-order valence-electron chi connectivity index (χ2n) is 2.85. The Hall–Kier alpha value is -1.44. The van der Waals surface area contributed by atoms with E-state index in [2.05, 4.69) is 18.0 Å². The maximum absolute atomic E-state index is 5.22. The second kappa shape index (κ2) is 2.55. The standard InChI is InChI=1S/C10H11NO/c1-7-4-3-5-8-10(7)9(12-2)6-11-8/h3-6,11H,1-2H3. The molecule has 1 N–H and O–H groups in total. The number of H-pyrrole nitrogens is 1. The molecule has 0 radical (unpaired) electrons. The summed E-state index contributed by atoms with van der Waals surface area (Å²) in [4.78, 5) is 3.15. The van der Waals surface area contributed by atoms with Gasteiger partial charge >= 0.3 is 0 Å². The quantitative estimate of drug-likeness (QED) is 0.682. The minimum atomic E-state index is 0.920. The summed E-state index contributed by atoms with van der Waals surface area (Å²) in [5, 5.41) is 1.18. The van der Waals surface area contributed by atoms with E-state index in [1.54, 1.807) is 7.11 Å². The number of fused-ring (bicyclic) bond motifs is 1. The predicted molar refractivity (Wildman–Crippen MR) is 49.6 cm³/mol. The van der Waals surface area contributed by atoms with Crippen LogP contribution in [0.5, 0.6) is 5.75 Å². The van der Waals surface area contributed by atoms with Crippen LogP contribution in [-0.2, 0) is 0 Å². The Bertz CT molecular complexity index is 403. The number of aromatic nitrogens is 1. The number of nitrogens with one attached hydrogen (secondary N) is 1. The number of aryl methyl sites for hydroxylation is 1. The van der Waals surface area contributed by atoms with Crippen LogP contribution in [0.4, 0.5) is 0 Å². The second-order valence-corrected chi connectivity index (χ2v) is 2.85. The van der Waals surface area contributed by atoms with E-state index in [9.17, 15) is 0 Å². The lowest BCUT2D eigenvalue weighted by molar-refractivity contribution is 0.419. The first-order valence-electron chi connectivity index (χ1n) is 3.93. The van der Waals surface area contributed by atoms with Crippen molar-refractivity contribution in [3.63, 3.8) is 0 Å². The number of ether oxygens (including phenoxy) is 1. The van der Waals surface area contributed by atoms with Crippen molar-refractivity contribution in [2.45, 2.75) is 6.92 Å². The molecule has 0 aliphatic rings. The van der Waals surface area contributed by atoms with E-state index in [4.69, 9.17) is 4.74 Å². The van der Waals surface area contributed by atoms with Crippen LogP contribution in [-0.4, -0.2) is 12.1 Å². The highest BCUT2D eigenvalue weighted by Gasteiger charge is 2.04. The van der Waals surface area contributed by atoms with Crippen molar-refractivity contribution in [1.29, 1.82) is 0 Å². The number of hydrogen-bond donors (Lipinski definition) is 1. The van der Waals surface area contributed by atoms with Gasteiger partial charge in [0.2, 0.25) is 0 Å². The molecule has 62 valence electrons. The molecule has 0 saturated heterocycles. The lowest BCUT2D eigenvalue weighted by atomic mass is 10.1. The summed E-state index contributed by atoms with van der Waals surface area (Å²) in [6.07, 6.45) is 1.89. The fourth-order valence-corrected chi connectivity index (χ4v) is 1.49. The Morgan fingerprint density at radius 1 is 1.33 bits per heavy atom. The molecule has 0 atom stereocenters. The summed E-state index contributed by atoms with van der Waals surface area (Å²) < 4.78 is 5.22. The lowest BCUT2D eigenvalue weighted by Crippen LogP contribution is -1.81. The van der Waals surface area contributed by atoms with Crippen LogP contribution in [0.3, 0.4) is 0 Å². The van der Waals surface area contributed by atoms with Gasteiger partial charge < -0.3 is 9.72 Å². The van der Waals surface area contributed by atoms with Crippen molar-refractivity contribution in [1.82, 2.24) is 4.98 Å². The third kappa shape index (κ3) is 0.881. The van der Waals surface area contributed by atoms with Crippen molar-refractivity contribution >= 4 is 10.9 Å². The van der Waals surface area contributed by atoms with Gasteiger partial charge in [-0.25, -0.2) is 0 Å². The molecule has 2 nitrogen and oxygen atoms in total. The first-order valence-corrected chi connectivity index (χ1v) is 3.93. The van der Waals surface area contributed by atoms with Gasteiger partial charge in [0.05, 0.1) is 7.11 Å². The molecule has 1 aromatic carbocycles. The van der Waals surface area contributed by atoms with Crippen LogP contribution in [0.2, 0.25) is 0 Å². The largest absolute Gasteiger partial charge is 0.495 e. The Labute approximate surface area is 71.2 Å². The van der Waals surface area contributed by atoms with Crippen LogP contribution in [0, 0.1) is 6.92 Å². The zero-order chi connectivity index (χ0) is 8.55. The summed E-state index contributed by atoms with van der Waals surface area (Å²) >= 11 is 0. The van der Waals surface area contributed by atoms with Crippen molar-refractivity contribution in [3.05, 3.63) is 30.0 Å². The highest BCUT2D eigenvalue weighted by Crippen LogP contribution is 2.27. The fraction of sp³-hybridized carbons (Fsp3) is 0.200. The average Bonchev–Trinajstić information content (AvgIpc) is 2.49. The molecule has 2 rings (SSSR count). The molecule has 0 aliphatic heterocycles. The number of hydrogen-bond acceptors (Lipinski definition) is 1. The van der Waals surface area contributed by atoms with Crippen LogP contribution < -0.4 is 4.74 Å². The summed E-state index contributed by atoms with van der Waals surface area (Å²) in [6.45, 7) is 2.08. The van der Waals surface area contributed by atoms with Gasteiger partial charge in [-0.15, -0.1) is 0 Å². The average molecular weight is 161 g/mol. The Morgan fingerprint density at radius 3 is 2.92 bits per heavy atom. The van der Waals surface area contributed by atoms with Gasteiger partial charge in [0, 0.05) is 17.1 Å². The Kier molecular flexibility index (Phi) is 1.54. The van der Waals surface area contributed by atoms with E-state index < -0.39 is 0 Å². The normalized spacial score (nSPS) is 10.5. The molecule has 0 aliphatic carbocycles. The van der Waals surface area contributed by atoms with E-state index in [0.29, 0.717) is 0 Å². The van der Waals surface area contributed by atoms with Crippen molar-refractivity contribution in [2.75, 3.05) is 7.11 Å². The summed E-state index contributed by atoms with van der Waals surface area (Å²) in [5.74, 6) is 0.920. The molecule has 2 aromatic rings. The molecule has 1 aromatic heterocycles. The molecular weight excluding hydrogens is 150 g/mol. The Balaban J connectivity index is 2.83. The summed E-state index contributed by atoms with van der Waals surface area (Å²) in [6, 6.07) is 6.16. The fourth-order valence-electron chi connectivity index (χ4n) is 1.49. The first kappa shape index (κ1) is 7.22. The molecule has 0 amide bonds. The number of benzene rings is 1. The van der Waals surface area contributed by atoms with Crippen LogP contribution >= 0.6 is 0 Å². The summed E-state index contributed by atoms with van der Waals surface area (Å²) in [5.41, 5.74) is 2.37. The topological polar surface area (TPSA) is 25.0 Å². The molecule has 0 fully saturated rings. The lowest BCUT2D eigenvalue weighted by Gasteiger charge is -1.98. The molecule has 0 spiro atoms. The molecule has 0 bridgehead atoms. The third-order valence-corrected chi connectivity index (χ3v) is 2.10. The van der Waals surface area contributed by atoms with Gasteiger partial charge in [-0.2, -0.15) is 0 Å². The molecule has 12 heavy (non-hydrogen) atoms. The van der Waals surface area contributed by atoms with E-state index in [-0.39, 0.29) is 0 Å². The summed E-state index contributed by atoms with van der Waals surface area (Å²) in [7, 11) is 1.69. The predicted octanol–water partition coefficient (Wildman–Crippen LogP) is 2.48. The molecular formula is C10H11NO. The van der Waals surface area contributed by atoms with Crippen molar-refractivity contribution in [3.8, 4) is 5.75 Å². The molecule has 2 heteroatoms. The zero-order valence-electron chi connectivity index (χ0n) is 7.22.